The standard InChI is InChI=1S/C18H35O/c1-3-5-7-8-9-10-11-12-13-14-16-18(17-19)15-6-4-2/h18H,3-16H2,1-2H3. The summed E-state index contributed by atoms with van der Waals surface area (Å²) >= 11 is 0. The van der Waals surface area contributed by atoms with Crippen molar-refractivity contribution < 1.29 is 4.79 Å². The Kier molecular flexibility index (Phi) is 15.5. The van der Waals surface area contributed by atoms with E-state index in [1.165, 1.54) is 77.0 Å². The summed E-state index contributed by atoms with van der Waals surface area (Å²) in [6.07, 6.45) is 20.4. The maximum Gasteiger partial charge on any atom is 0.201 e. The molecule has 19 heavy (non-hydrogen) atoms. The molecule has 0 aromatic rings. The van der Waals surface area contributed by atoms with E-state index in [1.54, 1.807) is 0 Å². The minimum absolute atomic E-state index is 0.217. The second-order valence-corrected chi connectivity index (χ2v) is 5.93. The van der Waals surface area contributed by atoms with E-state index in [4.69, 9.17) is 0 Å². The summed E-state index contributed by atoms with van der Waals surface area (Å²) in [4.78, 5) is 10.8. The SMILES string of the molecule is CCCCCCCCCCCCC([C]=O)CCCC. The Bertz CT molecular complexity index is 177. The van der Waals surface area contributed by atoms with E-state index in [9.17, 15) is 4.79 Å². The average Bonchev–Trinajstić information content (AvgIpc) is 2.44. The van der Waals surface area contributed by atoms with Crippen LogP contribution < -0.4 is 0 Å². The van der Waals surface area contributed by atoms with Gasteiger partial charge >= 0.3 is 0 Å². The highest BCUT2D eigenvalue weighted by Crippen LogP contribution is 2.16. The van der Waals surface area contributed by atoms with Crippen molar-refractivity contribution >= 4 is 6.29 Å². The third kappa shape index (κ3) is 13.9. The molecule has 1 heteroatoms. The summed E-state index contributed by atoms with van der Waals surface area (Å²) in [6.45, 7) is 4.45. The minimum Gasteiger partial charge on any atom is -0.291 e. The molecule has 0 rings (SSSR count). The smallest absolute Gasteiger partial charge is 0.201 e. The quantitative estimate of drug-likeness (QED) is 0.322. The first-order chi connectivity index (χ1) is 9.35. The van der Waals surface area contributed by atoms with Gasteiger partial charge in [0.25, 0.3) is 0 Å². The molecule has 0 saturated carbocycles. The van der Waals surface area contributed by atoms with Crippen molar-refractivity contribution in [2.75, 3.05) is 0 Å². The number of hydrogen-bond donors (Lipinski definition) is 0. The van der Waals surface area contributed by atoms with Crippen molar-refractivity contribution in [3.63, 3.8) is 0 Å². The highest BCUT2D eigenvalue weighted by atomic mass is 16.1. The van der Waals surface area contributed by atoms with Crippen LogP contribution in [0.2, 0.25) is 0 Å². The fraction of sp³-hybridized carbons (Fsp3) is 0.944. The molecule has 0 fully saturated rings. The van der Waals surface area contributed by atoms with Crippen LogP contribution in [0.15, 0.2) is 0 Å². The fourth-order valence-electron chi connectivity index (χ4n) is 2.59. The summed E-state index contributed by atoms with van der Waals surface area (Å²) in [5, 5.41) is 0. The fourth-order valence-corrected chi connectivity index (χ4v) is 2.59. The zero-order chi connectivity index (χ0) is 14.2. The lowest BCUT2D eigenvalue weighted by atomic mass is 9.96. The summed E-state index contributed by atoms with van der Waals surface area (Å²) in [6, 6.07) is 0. The van der Waals surface area contributed by atoms with Gasteiger partial charge in [0.2, 0.25) is 6.29 Å². The molecule has 0 heterocycles. The van der Waals surface area contributed by atoms with E-state index in [0.29, 0.717) is 0 Å². The molecule has 113 valence electrons. The van der Waals surface area contributed by atoms with E-state index in [0.717, 1.165) is 12.8 Å². The molecule has 1 atom stereocenters. The Morgan fingerprint density at radius 1 is 0.632 bits per heavy atom. The first kappa shape index (κ1) is 18.7. The molecule has 0 aromatic heterocycles. The Morgan fingerprint density at radius 3 is 1.53 bits per heavy atom. The lowest BCUT2D eigenvalue weighted by molar-refractivity contribution is 0.458. The molecule has 0 aliphatic carbocycles. The van der Waals surface area contributed by atoms with Crippen molar-refractivity contribution in [3.8, 4) is 0 Å². The van der Waals surface area contributed by atoms with Crippen LogP contribution in [0.25, 0.3) is 0 Å². The molecule has 1 radical (unpaired) electrons. The first-order valence-corrected chi connectivity index (χ1v) is 8.72. The Balaban J connectivity index is 3.18. The van der Waals surface area contributed by atoms with Crippen LogP contribution in [0.5, 0.6) is 0 Å². The van der Waals surface area contributed by atoms with Gasteiger partial charge in [0.05, 0.1) is 0 Å². The molecule has 0 bridgehead atoms. The molecule has 1 nitrogen and oxygen atoms in total. The third-order valence-corrected chi connectivity index (χ3v) is 3.98. The van der Waals surface area contributed by atoms with Gasteiger partial charge in [-0.15, -0.1) is 0 Å². The van der Waals surface area contributed by atoms with Gasteiger partial charge in [0.15, 0.2) is 0 Å². The number of hydrogen-bond acceptors (Lipinski definition) is 1. The van der Waals surface area contributed by atoms with Crippen molar-refractivity contribution in [3.05, 3.63) is 0 Å². The maximum atomic E-state index is 10.8. The van der Waals surface area contributed by atoms with Crippen molar-refractivity contribution in [1.29, 1.82) is 0 Å². The van der Waals surface area contributed by atoms with Crippen LogP contribution >= 0.6 is 0 Å². The monoisotopic (exact) mass is 267 g/mol. The van der Waals surface area contributed by atoms with Gasteiger partial charge in [-0.2, -0.15) is 0 Å². The van der Waals surface area contributed by atoms with Crippen LogP contribution in [0.3, 0.4) is 0 Å². The van der Waals surface area contributed by atoms with E-state index >= 15 is 0 Å². The molecule has 1 unspecified atom stereocenters. The van der Waals surface area contributed by atoms with E-state index in [-0.39, 0.29) is 5.92 Å². The summed E-state index contributed by atoms with van der Waals surface area (Å²) < 4.78 is 0. The van der Waals surface area contributed by atoms with Crippen LogP contribution in [-0.2, 0) is 4.79 Å². The summed E-state index contributed by atoms with van der Waals surface area (Å²) in [7, 11) is 0. The summed E-state index contributed by atoms with van der Waals surface area (Å²) in [5.74, 6) is 0.217. The zero-order valence-corrected chi connectivity index (χ0v) is 13.4. The highest BCUT2D eigenvalue weighted by Gasteiger charge is 2.06. The minimum atomic E-state index is 0.217. The van der Waals surface area contributed by atoms with Gasteiger partial charge in [-0.25, -0.2) is 0 Å². The van der Waals surface area contributed by atoms with Crippen LogP contribution in [-0.4, -0.2) is 6.29 Å². The lowest BCUT2D eigenvalue weighted by Crippen LogP contribution is -2.01. The van der Waals surface area contributed by atoms with E-state index < -0.39 is 0 Å². The zero-order valence-electron chi connectivity index (χ0n) is 13.4. The molecule has 0 aliphatic heterocycles. The van der Waals surface area contributed by atoms with Crippen molar-refractivity contribution in [1.82, 2.24) is 0 Å². The van der Waals surface area contributed by atoms with Crippen LogP contribution in [0.4, 0.5) is 0 Å². The van der Waals surface area contributed by atoms with Crippen molar-refractivity contribution in [2.45, 2.75) is 104 Å². The van der Waals surface area contributed by atoms with Crippen LogP contribution in [0.1, 0.15) is 104 Å². The number of rotatable bonds is 15. The second-order valence-electron chi connectivity index (χ2n) is 5.93. The maximum absolute atomic E-state index is 10.8. The summed E-state index contributed by atoms with van der Waals surface area (Å²) in [5.41, 5.74) is 0. The lowest BCUT2D eigenvalue weighted by Gasteiger charge is -2.08. The molecule has 0 amide bonds. The Labute approximate surface area is 121 Å². The van der Waals surface area contributed by atoms with Gasteiger partial charge in [-0.3, -0.25) is 4.79 Å². The molecular formula is C18H35O. The Hall–Kier alpha value is -0.330. The Morgan fingerprint density at radius 2 is 1.05 bits per heavy atom. The second kappa shape index (κ2) is 15.7. The third-order valence-electron chi connectivity index (χ3n) is 3.98. The molecule has 0 N–H and O–H groups in total. The van der Waals surface area contributed by atoms with Gasteiger partial charge in [-0.05, 0) is 12.8 Å². The molecule has 0 aliphatic rings. The van der Waals surface area contributed by atoms with Crippen molar-refractivity contribution in [2.24, 2.45) is 5.92 Å². The van der Waals surface area contributed by atoms with Gasteiger partial charge in [0, 0.05) is 5.92 Å². The molecular weight excluding hydrogens is 232 g/mol. The highest BCUT2D eigenvalue weighted by molar-refractivity contribution is 5.54. The largest absolute Gasteiger partial charge is 0.291 e. The molecule has 0 saturated heterocycles. The topological polar surface area (TPSA) is 17.1 Å². The van der Waals surface area contributed by atoms with Gasteiger partial charge in [-0.1, -0.05) is 90.9 Å². The molecule has 0 aromatic carbocycles. The molecule has 0 spiro atoms. The predicted octanol–water partition coefficient (Wildman–Crippen LogP) is 6.21. The van der Waals surface area contributed by atoms with Crippen LogP contribution in [0, 0.1) is 5.92 Å². The van der Waals surface area contributed by atoms with E-state index in [1.807, 2.05) is 0 Å². The first-order valence-electron chi connectivity index (χ1n) is 8.72. The number of unbranched alkanes of at least 4 members (excludes halogenated alkanes) is 10. The number of carbonyl (C=O) groups excluding carboxylic acids is 1. The average molecular weight is 267 g/mol. The van der Waals surface area contributed by atoms with E-state index in [2.05, 4.69) is 20.1 Å². The van der Waals surface area contributed by atoms with Gasteiger partial charge in [0.1, 0.15) is 0 Å². The predicted molar refractivity (Wildman–Crippen MR) is 85.2 cm³/mol. The van der Waals surface area contributed by atoms with Gasteiger partial charge < -0.3 is 0 Å². The normalized spacial score (nSPS) is 12.5.